The molecular formula is C24H22BrNO6. The molecule has 0 aliphatic carbocycles. The number of ether oxygens (including phenoxy) is 3. The van der Waals surface area contributed by atoms with Crippen LogP contribution < -0.4 is 14.9 Å². The highest BCUT2D eigenvalue weighted by Gasteiger charge is 2.44. The lowest BCUT2D eigenvalue weighted by Crippen LogP contribution is -2.36. The molecule has 1 fully saturated rings. The van der Waals surface area contributed by atoms with E-state index < -0.39 is 6.04 Å². The molecule has 0 spiro atoms. The second-order valence-corrected chi connectivity index (χ2v) is 8.84. The maximum atomic E-state index is 13.6. The van der Waals surface area contributed by atoms with Crippen LogP contribution in [0.1, 0.15) is 40.6 Å². The van der Waals surface area contributed by atoms with Crippen LogP contribution in [0, 0.1) is 0 Å². The molecule has 32 heavy (non-hydrogen) atoms. The molecule has 1 amide bonds. The maximum Gasteiger partial charge on any atom is 0.291 e. The Morgan fingerprint density at radius 3 is 2.62 bits per heavy atom. The fourth-order valence-corrected chi connectivity index (χ4v) is 4.92. The molecule has 2 aliphatic rings. The van der Waals surface area contributed by atoms with Gasteiger partial charge >= 0.3 is 0 Å². The lowest BCUT2D eigenvalue weighted by Gasteiger charge is -2.27. The third kappa shape index (κ3) is 3.38. The minimum Gasteiger partial charge on any atom is -0.493 e. The van der Waals surface area contributed by atoms with E-state index in [9.17, 15) is 9.59 Å². The topological polar surface area (TPSA) is 78.2 Å². The standard InChI is InChI=1S/C24H22BrNO6/c1-29-18-7-5-13(10-19(18)30-2)21-20-22(27)16-11-14(25)6-8-17(16)32-23(20)24(28)26(21)12-15-4-3-9-31-15/h5-8,10-11,15,21H,3-4,9,12H2,1-2H3. The largest absolute Gasteiger partial charge is 0.493 e. The van der Waals surface area contributed by atoms with Crippen LogP contribution >= 0.6 is 15.9 Å². The predicted octanol–water partition coefficient (Wildman–Crippen LogP) is 4.30. The van der Waals surface area contributed by atoms with Crippen molar-refractivity contribution in [2.24, 2.45) is 0 Å². The quantitative estimate of drug-likeness (QED) is 0.520. The number of methoxy groups -OCH3 is 2. The molecule has 7 nitrogen and oxygen atoms in total. The van der Waals surface area contributed by atoms with Gasteiger partial charge in [-0.05, 0) is 48.7 Å². The Bertz CT molecular complexity index is 1260. The summed E-state index contributed by atoms with van der Waals surface area (Å²) < 4.78 is 23.4. The van der Waals surface area contributed by atoms with Gasteiger partial charge < -0.3 is 23.5 Å². The van der Waals surface area contributed by atoms with E-state index in [1.807, 2.05) is 6.07 Å². The minimum absolute atomic E-state index is 0.0745. The van der Waals surface area contributed by atoms with Crippen molar-refractivity contribution < 1.29 is 23.4 Å². The number of rotatable bonds is 5. The minimum atomic E-state index is -0.610. The zero-order valence-corrected chi connectivity index (χ0v) is 19.3. The molecule has 1 saturated heterocycles. The van der Waals surface area contributed by atoms with Gasteiger partial charge in [-0.15, -0.1) is 0 Å². The molecule has 0 saturated carbocycles. The van der Waals surface area contributed by atoms with E-state index in [4.69, 9.17) is 18.6 Å². The van der Waals surface area contributed by atoms with E-state index >= 15 is 0 Å². The summed E-state index contributed by atoms with van der Waals surface area (Å²) >= 11 is 3.42. The third-order valence-electron chi connectivity index (χ3n) is 6.08. The normalized spacial score (nSPS) is 20.1. The molecule has 1 aromatic heterocycles. The number of amides is 1. The van der Waals surface area contributed by atoms with E-state index in [2.05, 4.69) is 15.9 Å². The van der Waals surface area contributed by atoms with Gasteiger partial charge in [-0.2, -0.15) is 0 Å². The first-order valence-corrected chi connectivity index (χ1v) is 11.2. The van der Waals surface area contributed by atoms with E-state index in [-0.39, 0.29) is 23.2 Å². The van der Waals surface area contributed by atoms with Gasteiger partial charge in [0, 0.05) is 17.6 Å². The molecule has 2 unspecified atom stereocenters. The first kappa shape index (κ1) is 21.0. The molecule has 3 heterocycles. The molecule has 0 bridgehead atoms. The van der Waals surface area contributed by atoms with Crippen molar-refractivity contribution in [1.29, 1.82) is 0 Å². The highest BCUT2D eigenvalue weighted by atomic mass is 79.9. The van der Waals surface area contributed by atoms with Gasteiger partial charge in [0.15, 0.2) is 16.9 Å². The Kier molecular flexibility index (Phi) is 5.43. The van der Waals surface area contributed by atoms with Crippen molar-refractivity contribution in [2.45, 2.75) is 25.0 Å². The monoisotopic (exact) mass is 499 g/mol. The van der Waals surface area contributed by atoms with Crippen molar-refractivity contribution in [3.63, 3.8) is 0 Å². The van der Waals surface area contributed by atoms with Crippen molar-refractivity contribution in [1.82, 2.24) is 4.90 Å². The Hall–Kier alpha value is -2.84. The second-order valence-electron chi connectivity index (χ2n) is 7.92. The van der Waals surface area contributed by atoms with Crippen molar-refractivity contribution in [3.8, 4) is 11.5 Å². The number of nitrogens with zero attached hydrogens (tertiary/aromatic N) is 1. The van der Waals surface area contributed by atoms with Crippen LogP contribution in [0.5, 0.6) is 11.5 Å². The lowest BCUT2D eigenvalue weighted by atomic mass is 9.98. The van der Waals surface area contributed by atoms with Gasteiger partial charge in [-0.1, -0.05) is 22.0 Å². The first-order chi connectivity index (χ1) is 15.5. The average molecular weight is 500 g/mol. The molecule has 2 aromatic carbocycles. The molecule has 8 heteroatoms. The Morgan fingerprint density at radius 2 is 1.91 bits per heavy atom. The van der Waals surface area contributed by atoms with Gasteiger partial charge in [-0.3, -0.25) is 9.59 Å². The molecule has 0 N–H and O–H groups in total. The number of benzene rings is 2. The number of hydrogen-bond acceptors (Lipinski definition) is 6. The third-order valence-corrected chi connectivity index (χ3v) is 6.57. The highest BCUT2D eigenvalue weighted by Crippen LogP contribution is 2.41. The molecule has 5 rings (SSSR count). The van der Waals surface area contributed by atoms with Gasteiger partial charge in [0.1, 0.15) is 5.58 Å². The van der Waals surface area contributed by atoms with Crippen LogP contribution in [0.4, 0.5) is 0 Å². The summed E-state index contributed by atoms with van der Waals surface area (Å²) in [6, 6.07) is 10.0. The van der Waals surface area contributed by atoms with Gasteiger partial charge in [0.05, 0.1) is 37.3 Å². The van der Waals surface area contributed by atoms with Crippen molar-refractivity contribution in [2.75, 3.05) is 27.4 Å². The smallest absolute Gasteiger partial charge is 0.291 e. The van der Waals surface area contributed by atoms with Crippen LogP contribution in [-0.2, 0) is 4.74 Å². The zero-order valence-electron chi connectivity index (χ0n) is 17.7. The van der Waals surface area contributed by atoms with Crippen molar-refractivity contribution >= 4 is 32.8 Å². The second kappa shape index (κ2) is 8.26. The lowest BCUT2D eigenvalue weighted by molar-refractivity contribution is 0.0486. The van der Waals surface area contributed by atoms with E-state index in [0.717, 1.165) is 22.9 Å². The van der Waals surface area contributed by atoms with Gasteiger partial charge in [0.25, 0.3) is 5.91 Å². The summed E-state index contributed by atoms with van der Waals surface area (Å²) in [6.45, 7) is 1.05. The van der Waals surface area contributed by atoms with Gasteiger partial charge in [0.2, 0.25) is 5.76 Å². The molecule has 2 atom stereocenters. The van der Waals surface area contributed by atoms with E-state index in [1.54, 1.807) is 49.5 Å². The average Bonchev–Trinajstić information content (AvgIpc) is 3.41. The SMILES string of the molecule is COc1ccc(C2c3c(oc4ccc(Br)cc4c3=O)C(=O)N2CC2CCCO2)cc1OC. The summed E-state index contributed by atoms with van der Waals surface area (Å²) in [7, 11) is 3.12. The number of hydrogen-bond donors (Lipinski definition) is 0. The molecule has 166 valence electrons. The summed E-state index contributed by atoms with van der Waals surface area (Å²) in [5, 5.41) is 0.426. The van der Waals surface area contributed by atoms with Crippen LogP contribution in [-0.4, -0.2) is 44.3 Å². The fourth-order valence-electron chi connectivity index (χ4n) is 4.56. The maximum absolute atomic E-state index is 13.6. The van der Waals surface area contributed by atoms with Crippen LogP contribution in [0.25, 0.3) is 11.0 Å². The number of carbonyl (C=O) groups excluding carboxylic acids is 1. The van der Waals surface area contributed by atoms with Crippen LogP contribution in [0.3, 0.4) is 0 Å². The van der Waals surface area contributed by atoms with Crippen LogP contribution in [0.15, 0.2) is 50.1 Å². The van der Waals surface area contributed by atoms with E-state index in [1.165, 1.54) is 0 Å². The Balaban J connectivity index is 1.71. The molecule has 0 radical (unpaired) electrons. The molecular weight excluding hydrogens is 478 g/mol. The Labute approximate surface area is 193 Å². The van der Waals surface area contributed by atoms with E-state index in [0.29, 0.717) is 41.2 Å². The fraction of sp³-hybridized carbons (Fsp3) is 0.333. The summed E-state index contributed by atoms with van der Waals surface area (Å²) in [5.74, 6) is 0.872. The number of carbonyl (C=O) groups is 1. The van der Waals surface area contributed by atoms with Crippen LogP contribution in [0.2, 0.25) is 0 Å². The summed E-state index contributed by atoms with van der Waals surface area (Å²) in [5.41, 5.74) is 1.25. The Morgan fingerprint density at radius 1 is 1.09 bits per heavy atom. The molecule has 3 aromatic rings. The molecule has 2 aliphatic heterocycles. The number of halogens is 1. The summed E-state index contributed by atoms with van der Waals surface area (Å²) in [6.07, 6.45) is 1.75. The van der Waals surface area contributed by atoms with Crippen molar-refractivity contribution in [3.05, 3.63) is 68.0 Å². The number of fused-ring (bicyclic) bond motifs is 2. The highest BCUT2D eigenvalue weighted by molar-refractivity contribution is 9.10. The zero-order chi connectivity index (χ0) is 22.4. The van der Waals surface area contributed by atoms with Gasteiger partial charge in [-0.25, -0.2) is 0 Å². The first-order valence-electron chi connectivity index (χ1n) is 10.4. The summed E-state index contributed by atoms with van der Waals surface area (Å²) in [4.78, 5) is 28.8. The predicted molar refractivity (Wildman–Crippen MR) is 122 cm³/mol.